The fourth-order valence-corrected chi connectivity index (χ4v) is 6.65. The number of ether oxygens (including phenoxy) is 1. The Hall–Kier alpha value is -2.99. The van der Waals surface area contributed by atoms with Gasteiger partial charge in [0, 0.05) is 24.1 Å². The van der Waals surface area contributed by atoms with Crippen LogP contribution >= 0.6 is 0 Å². The van der Waals surface area contributed by atoms with E-state index in [1.54, 1.807) is 0 Å². The van der Waals surface area contributed by atoms with Crippen LogP contribution in [0.4, 0.5) is 5.69 Å². The predicted molar refractivity (Wildman–Crippen MR) is 158 cm³/mol. The molecule has 4 N–H and O–H groups in total. The molecule has 2 fully saturated rings. The van der Waals surface area contributed by atoms with Gasteiger partial charge in [-0.2, -0.15) is 5.26 Å². The van der Waals surface area contributed by atoms with Gasteiger partial charge >= 0.3 is 0 Å². The van der Waals surface area contributed by atoms with Crippen molar-refractivity contribution in [3.63, 3.8) is 0 Å². The number of hydrogen-bond donors (Lipinski definition) is 3. The third-order valence-corrected chi connectivity index (χ3v) is 8.93. The van der Waals surface area contributed by atoms with Gasteiger partial charge < -0.3 is 26.0 Å². The molecule has 3 heterocycles. The molecule has 8 nitrogen and oxygen atoms in total. The largest absolute Gasteiger partial charge is 0.369 e. The Labute approximate surface area is 233 Å². The van der Waals surface area contributed by atoms with Gasteiger partial charge in [0.25, 0.3) is 0 Å². The van der Waals surface area contributed by atoms with Crippen molar-refractivity contribution in [1.82, 2.24) is 10.2 Å². The normalized spacial score (nSPS) is 26.9. The van der Waals surface area contributed by atoms with Gasteiger partial charge in [-0.3, -0.25) is 4.99 Å². The van der Waals surface area contributed by atoms with E-state index >= 15 is 0 Å². The molecule has 0 aromatic heterocycles. The molecular formula is C31H43N7O. The highest BCUT2D eigenvalue weighted by atomic mass is 16.5. The lowest BCUT2D eigenvalue weighted by Crippen LogP contribution is -2.50. The van der Waals surface area contributed by atoms with Crippen LogP contribution in [0.3, 0.4) is 0 Å². The van der Waals surface area contributed by atoms with Gasteiger partial charge in [0.05, 0.1) is 25.1 Å². The van der Waals surface area contributed by atoms with Gasteiger partial charge in [0.15, 0.2) is 12.2 Å². The van der Waals surface area contributed by atoms with E-state index in [9.17, 15) is 5.26 Å². The van der Waals surface area contributed by atoms with Crippen molar-refractivity contribution in [1.29, 1.82) is 5.26 Å². The van der Waals surface area contributed by atoms with Gasteiger partial charge in [0.1, 0.15) is 0 Å². The number of dihydropyridines is 1. The zero-order valence-corrected chi connectivity index (χ0v) is 23.7. The molecule has 0 bridgehead atoms. The summed E-state index contributed by atoms with van der Waals surface area (Å²) in [5.74, 6) is 1.28. The van der Waals surface area contributed by atoms with Gasteiger partial charge in [-0.1, -0.05) is 13.0 Å². The van der Waals surface area contributed by atoms with Crippen LogP contribution in [0.5, 0.6) is 0 Å². The van der Waals surface area contributed by atoms with Crippen LogP contribution in [0.2, 0.25) is 0 Å². The quantitative estimate of drug-likeness (QED) is 0.370. The van der Waals surface area contributed by atoms with Gasteiger partial charge in [-0.05, 0) is 117 Å². The molecule has 39 heavy (non-hydrogen) atoms. The average molecular weight is 530 g/mol. The van der Waals surface area contributed by atoms with Crippen LogP contribution in [0.25, 0.3) is 0 Å². The molecular weight excluding hydrogens is 486 g/mol. The van der Waals surface area contributed by atoms with Gasteiger partial charge in [-0.25, -0.2) is 4.99 Å². The maximum atomic E-state index is 9.49. The summed E-state index contributed by atoms with van der Waals surface area (Å²) in [5.41, 5.74) is 14.9. The minimum atomic E-state index is -0.109. The number of piperidine rings is 1. The number of nitrogens with zero attached hydrogens (tertiary/aromatic N) is 4. The third-order valence-electron chi connectivity index (χ3n) is 8.93. The molecule has 0 amide bonds. The molecule has 1 aromatic carbocycles. The topological polar surface area (TPSA) is 111 Å². The maximum Gasteiger partial charge on any atom is 0.198 e. The number of aliphatic imine (C=N–C) groups is 2. The zero-order chi connectivity index (χ0) is 27.4. The number of morpholine rings is 1. The molecule has 8 heteroatoms. The fourth-order valence-electron chi connectivity index (χ4n) is 6.65. The second-order valence-corrected chi connectivity index (χ2v) is 11.4. The van der Waals surface area contributed by atoms with Crippen molar-refractivity contribution < 1.29 is 4.74 Å². The van der Waals surface area contributed by atoms with Crippen molar-refractivity contribution >= 4 is 17.9 Å². The van der Waals surface area contributed by atoms with Crippen LogP contribution in [0.1, 0.15) is 69.4 Å². The number of anilines is 1. The Bertz CT molecular complexity index is 1220. The standard InChI is InChI=1S/C31H43N7O/c1-4-21-5-6-23(27-19-35-30-29(20(27)2)34-13-16-39-30)18-28(21)37-31(33)36-25-7-8-26(24(17-25)9-12-32)22-10-14-38(3)15-11-22/h7-8,17,19,22-23,29-30,34H,4-6,9-11,13-16,18H2,1-3H3,(H3,33,36,37). The molecule has 3 aliphatic heterocycles. The summed E-state index contributed by atoms with van der Waals surface area (Å²) in [6, 6.07) is 8.86. The second kappa shape index (κ2) is 12.5. The summed E-state index contributed by atoms with van der Waals surface area (Å²) in [5, 5.41) is 16.4. The lowest BCUT2D eigenvalue weighted by atomic mass is 9.78. The first kappa shape index (κ1) is 27.6. The van der Waals surface area contributed by atoms with E-state index in [-0.39, 0.29) is 12.3 Å². The molecule has 2 saturated heterocycles. The Balaban J connectivity index is 1.32. The van der Waals surface area contributed by atoms with E-state index in [0.29, 0.717) is 30.8 Å². The van der Waals surface area contributed by atoms with Crippen LogP contribution in [0.15, 0.2) is 50.6 Å². The molecule has 0 saturated carbocycles. The Morgan fingerprint density at radius 3 is 2.87 bits per heavy atom. The average Bonchev–Trinajstić information content (AvgIpc) is 2.94. The lowest BCUT2D eigenvalue weighted by Gasteiger charge is -2.37. The number of likely N-dealkylation sites (tertiary alicyclic amines) is 1. The van der Waals surface area contributed by atoms with Crippen molar-refractivity contribution in [3.8, 4) is 6.07 Å². The Morgan fingerprint density at radius 1 is 1.28 bits per heavy atom. The smallest absolute Gasteiger partial charge is 0.198 e. The summed E-state index contributed by atoms with van der Waals surface area (Å²) in [4.78, 5) is 12.0. The second-order valence-electron chi connectivity index (χ2n) is 11.4. The summed E-state index contributed by atoms with van der Waals surface area (Å²) in [6.07, 6.45) is 8.55. The summed E-state index contributed by atoms with van der Waals surface area (Å²) in [6.45, 7) is 8.17. The summed E-state index contributed by atoms with van der Waals surface area (Å²) < 4.78 is 5.85. The number of hydrogen-bond acceptors (Lipinski definition) is 6. The number of nitrogens with two attached hydrogens (primary N) is 1. The first-order chi connectivity index (χ1) is 19.0. The van der Waals surface area contributed by atoms with Gasteiger partial charge in [0.2, 0.25) is 0 Å². The maximum absolute atomic E-state index is 9.49. The van der Waals surface area contributed by atoms with Crippen LogP contribution in [-0.2, 0) is 11.2 Å². The van der Waals surface area contributed by atoms with E-state index < -0.39 is 0 Å². The van der Waals surface area contributed by atoms with E-state index in [4.69, 9.17) is 20.5 Å². The molecule has 1 aliphatic carbocycles. The van der Waals surface area contributed by atoms with E-state index in [1.165, 1.54) is 22.3 Å². The van der Waals surface area contributed by atoms with Crippen molar-refractivity contribution in [2.75, 3.05) is 38.6 Å². The van der Waals surface area contributed by atoms with Gasteiger partial charge in [-0.15, -0.1) is 0 Å². The predicted octanol–water partition coefficient (Wildman–Crippen LogP) is 4.47. The number of nitrogens with one attached hydrogen (secondary N) is 2. The molecule has 0 radical (unpaired) electrons. The first-order valence-corrected chi connectivity index (χ1v) is 14.6. The highest BCUT2D eigenvalue weighted by Crippen LogP contribution is 2.38. The SMILES string of the molecule is CCC1=C(N=C(N)Nc2ccc(C3CCN(C)CC3)c(CC#N)c2)CC(C2=C(C)C3NCCOC3N=C2)CC1. The fraction of sp³-hybridized carbons (Fsp3) is 0.581. The minimum absolute atomic E-state index is 0.109. The molecule has 3 atom stereocenters. The highest BCUT2D eigenvalue weighted by molar-refractivity contribution is 5.93. The first-order valence-electron chi connectivity index (χ1n) is 14.6. The van der Waals surface area contributed by atoms with E-state index in [0.717, 1.165) is 75.1 Å². The molecule has 5 rings (SSSR count). The minimum Gasteiger partial charge on any atom is -0.369 e. The van der Waals surface area contributed by atoms with Crippen LogP contribution in [-0.4, -0.2) is 62.6 Å². The van der Waals surface area contributed by atoms with Crippen molar-refractivity contribution in [2.24, 2.45) is 21.6 Å². The lowest BCUT2D eigenvalue weighted by molar-refractivity contribution is 0.0108. The number of allylic oxidation sites excluding steroid dienone is 3. The third kappa shape index (κ3) is 6.27. The molecule has 0 spiro atoms. The highest BCUT2D eigenvalue weighted by Gasteiger charge is 2.33. The Kier molecular flexibility index (Phi) is 8.81. The van der Waals surface area contributed by atoms with Crippen molar-refractivity contribution in [3.05, 3.63) is 51.7 Å². The molecule has 208 valence electrons. The monoisotopic (exact) mass is 529 g/mol. The summed E-state index contributed by atoms with van der Waals surface area (Å²) >= 11 is 0. The Morgan fingerprint density at radius 2 is 2.10 bits per heavy atom. The molecule has 3 unspecified atom stereocenters. The zero-order valence-electron chi connectivity index (χ0n) is 23.7. The number of guanidine groups is 1. The number of nitriles is 1. The molecule has 4 aliphatic rings. The number of benzene rings is 1. The number of fused-ring (bicyclic) bond motifs is 1. The van der Waals surface area contributed by atoms with Crippen molar-refractivity contribution in [2.45, 2.75) is 77.0 Å². The van der Waals surface area contributed by atoms with E-state index in [1.807, 2.05) is 6.21 Å². The van der Waals surface area contributed by atoms with E-state index in [2.05, 4.69) is 60.7 Å². The number of rotatable bonds is 6. The van der Waals surface area contributed by atoms with Crippen LogP contribution < -0.4 is 16.4 Å². The van der Waals surface area contributed by atoms with Crippen LogP contribution in [0, 0.1) is 17.2 Å². The molecule has 1 aromatic rings. The summed E-state index contributed by atoms with van der Waals surface area (Å²) in [7, 11) is 2.18.